The molecule has 0 aliphatic carbocycles. The van der Waals surface area contributed by atoms with Gasteiger partial charge in [0.1, 0.15) is 22.7 Å². The standard InChI is InChI=1S/C25H28N2O5.C2HCl3/c1-3-23-26-21(19-8-6-5-7-9-19)17-24(28)27(23)14-15-32-20-12-10-18(11-13-20)16-22(25(29)30)31-4-2;3-1-2(4)5/h5-13,17,22H,3-4,14-16H2,1-2H3,(H,29,30);1H. The molecular formula is C27H29Cl3N2O5. The minimum atomic E-state index is -0.976. The van der Waals surface area contributed by atoms with Crippen molar-refractivity contribution in [2.45, 2.75) is 39.3 Å². The van der Waals surface area contributed by atoms with Crippen LogP contribution in [0.2, 0.25) is 0 Å². The van der Waals surface area contributed by atoms with Gasteiger partial charge in [-0.25, -0.2) is 9.78 Å². The Balaban J connectivity index is 0.000000877. The Hall–Kier alpha value is -2.84. The van der Waals surface area contributed by atoms with Gasteiger partial charge in [0.2, 0.25) is 0 Å². The predicted molar refractivity (Wildman–Crippen MR) is 148 cm³/mol. The van der Waals surface area contributed by atoms with Gasteiger partial charge in [-0.05, 0) is 24.6 Å². The zero-order valence-electron chi connectivity index (χ0n) is 20.6. The minimum Gasteiger partial charge on any atom is -0.492 e. The monoisotopic (exact) mass is 566 g/mol. The summed E-state index contributed by atoms with van der Waals surface area (Å²) in [6.45, 7) is 4.79. The number of nitrogens with zero attached hydrogens (tertiary/aromatic N) is 2. The van der Waals surface area contributed by atoms with E-state index in [1.807, 2.05) is 49.4 Å². The molecule has 0 saturated carbocycles. The molecule has 1 heterocycles. The molecule has 0 aliphatic rings. The van der Waals surface area contributed by atoms with Crippen LogP contribution in [0, 0.1) is 0 Å². The fourth-order valence-corrected chi connectivity index (χ4v) is 3.43. The largest absolute Gasteiger partial charge is 0.492 e. The summed E-state index contributed by atoms with van der Waals surface area (Å²) in [6.07, 6.45) is 0.0605. The summed E-state index contributed by atoms with van der Waals surface area (Å²) in [7, 11) is 0. The predicted octanol–water partition coefficient (Wildman–Crippen LogP) is 6.09. The van der Waals surface area contributed by atoms with E-state index >= 15 is 0 Å². The Morgan fingerprint density at radius 3 is 2.30 bits per heavy atom. The van der Waals surface area contributed by atoms with Gasteiger partial charge in [-0.2, -0.15) is 0 Å². The Morgan fingerprint density at radius 1 is 1.11 bits per heavy atom. The fourth-order valence-electron chi connectivity index (χ4n) is 3.43. The van der Waals surface area contributed by atoms with Crippen molar-refractivity contribution >= 4 is 40.8 Å². The molecule has 0 amide bonds. The van der Waals surface area contributed by atoms with Crippen molar-refractivity contribution in [3.63, 3.8) is 0 Å². The van der Waals surface area contributed by atoms with Crippen LogP contribution >= 0.6 is 34.8 Å². The molecule has 1 unspecified atom stereocenters. The Kier molecular flexibility index (Phi) is 13.2. The van der Waals surface area contributed by atoms with E-state index in [1.165, 1.54) is 0 Å². The van der Waals surface area contributed by atoms with Crippen LogP contribution < -0.4 is 10.3 Å². The molecule has 3 aromatic rings. The lowest BCUT2D eigenvalue weighted by Crippen LogP contribution is -2.27. The molecule has 1 aromatic heterocycles. The molecule has 0 fully saturated rings. The number of aliphatic carboxylic acids is 1. The maximum Gasteiger partial charge on any atom is 0.333 e. The second kappa shape index (κ2) is 16.1. The van der Waals surface area contributed by atoms with E-state index in [0.717, 1.165) is 16.7 Å². The molecule has 7 nitrogen and oxygen atoms in total. The molecule has 0 spiro atoms. The second-order valence-corrected chi connectivity index (χ2v) is 8.87. The van der Waals surface area contributed by atoms with Gasteiger partial charge < -0.3 is 14.6 Å². The summed E-state index contributed by atoms with van der Waals surface area (Å²) >= 11 is 14.8. The average Bonchev–Trinajstić information content (AvgIpc) is 2.90. The van der Waals surface area contributed by atoms with Crippen LogP contribution in [0.15, 0.2) is 75.5 Å². The zero-order valence-corrected chi connectivity index (χ0v) is 22.8. The van der Waals surface area contributed by atoms with Crippen molar-refractivity contribution in [3.05, 3.63) is 92.4 Å². The summed E-state index contributed by atoms with van der Waals surface area (Å²) < 4.78 is 12.8. The number of hydrogen-bond donors (Lipinski definition) is 1. The molecule has 0 aliphatic heterocycles. The first-order chi connectivity index (χ1) is 17.8. The maximum absolute atomic E-state index is 12.7. The van der Waals surface area contributed by atoms with Gasteiger partial charge in [0.05, 0.1) is 12.2 Å². The maximum atomic E-state index is 12.7. The van der Waals surface area contributed by atoms with E-state index in [2.05, 4.69) is 4.98 Å². The lowest BCUT2D eigenvalue weighted by molar-refractivity contribution is -0.149. The smallest absolute Gasteiger partial charge is 0.333 e. The molecule has 2 aromatic carbocycles. The SMILES string of the molecule is CCOC(Cc1ccc(OCCn2c(CC)nc(-c3ccccc3)cc2=O)cc1)C(=O)O.ClC=C(Cl)Cl. The van der Waals surface area contributed by atoms with Crippen LogP contribution in [0.5, 0.6) is 5.75 Å². The van der Waals surface area contributed by atoms with Gasteiger partial charge in [0.25, 0.3) is 5.56 Å². The number of carboxylic acid groups (broad SMARTS) is 1. The van der Waals surface area contributed by atoms with Gasteiger partial charge in [-0.3, -0.25) is 9.36 Å². The van der Waals surface area contributed by atoms with Crippen molar-refractivity contribution in [1.29, 1.82) is 0 Å². The normalized spacial score (nSPS) is 11.2. The van der Waals surface area contributed by atoms with Crippen LogP contribution in [0.4, 0.5) is 0 Å². The lowest BCUT2D eigenvalue weighted by atomic mass is 10.1. The molecular weight excluding hydrogens is 539 g/mol. The molecule has 10 heteroatoms. The number of aromatic nitrogens is 2. The number of halogens is 3. The van der Waals surface area contributed by atoms with E-state index in [4.69, 9.17) is 44.3 Å². The molecule has 3 rings (SSSR count). The zero-order chi connectivity index (χ0) is 27.2. The quantitative estimate of drug-likeness (QED) is 0.302. The van der Waals surface area contributed by atoms with E-state index < -0.39 is 12.1 Å². The topological polar surface area (TPSA) is 90.7 Å². The first-order valence-corrected chi connectivity index (χ1v) is 12.8. The van der Waals surface area contributed by atoms with E-state index in [9.17, 15) is 14.7 Å². The first-order valence-electron chi connectivity index (χ1n) is 11.6. The fraction of sp³-hybridized carbons (Fsp3) is 0.296. The third kappa shape index (κ3) is 10.2. The minimum absolute atomic E-state index is 0.0895. The Morgan fingerprint density at radius 2 is 1.76 bits per heavy atom. The van der Waals surface area contributed by atoms with Gasteiger partial charge in [0, 0.05) is 36.6 Å². The average molecular weight is 568 g/mol. The Labute approximate surface area is 231 Å². The lowest BCUT2D eigenvalue weighted by Gasteiger charge is -2.14. The summed E-state index contributed by atoms with van der Waals surface area (Å²) in [5, 5.41) is 9.21. The molecule has 0 bridgehead atoms. The van der Waals surface area contributed by atoms with Gasteiger partial charge in [0.15, 0.2) is 6.10 Å². The molecule has 0 radical (unpaired) electrons. The molecule has 0 saturated heterocycles. The number of rotatable bonds is 11. The highest BCUT2D eigenvalue weighted by atomic mass is 35.5. The molecule has 37 heavy (non-hydrogen) atoms. The van der Waals surface area contributed by atoms with Crippen molar-refractivity contribution in [2.24, 2.45) is 0 Å². The highest BCUT2D eigenvalue weighted by molar-refractivity contribution is 6.58. The summed E-state index contributed by atoms with van der Waals surface area (Å²) in [4.78, 5) is 28.6. The number of benzene rings is 2. The number of ether oxygens (including phenoxy) is 2. The molecule has 198 valence electrons. The van der Waals surface area contributed by atoms with Crippen LogP contribution in [-0.4, -0.2) is 39.9 Å². The van der Waals surface area contributed by atoms with Gasteiger partial charge in [-0.1, -0.05) is 84.2 Å². The third-order valence-electron chi connectivity index (χ3n) is 5.13. The summed E-state index contributed by atoms with van der Waals surface area (Å²) in [5.41, 5.74) is 3.42. The number of carboxylic acids is 1. The first kappa shape index (κ1) is 30.4. The van der Waals surface area contributed by atoms with E-state index in [0.29, 0.717) is 43.4 Å². The van der Waals surface area contributed by atoms with Crippen molar-refractivity contribution in [1.82, 2.24) is 9.55 Å². The van der Waals surface area contributed by atoms with Crippen LogP contribution in [0.3, 0.4) is 0 Å². The highest BCUT2D eigenvalue weighted by Crippen LogP contribution is 2.17. The van der Waals surface area contributed by atoms with Crippen LogP contribution in [-0.2, 0) is 28.9 Å². The molecule has 1 atom stereocenters. The second-order valence-electron chi connectivity index (χ2n) is 7.64. The van der Waals surface area contributed by atoms with Crippen molar-refractivity contribution in [2.75, 3.05) is 13.2 Å². The summed E-state index contributed by atoms with van der Waals surface area (Å²) in [5.74, 6) is 0.388. The Bertz CT molecular complexity index is 1210. The number of hydrogen-bond acceptors (Lipinski definition) is 5. The van der Waals surface area contributed by atoms with Crippen LogP contribution in [0.1, 0.15) is 25.2 Å². The third-order valence-corrected chi connectivity index (χ3v) is 5.79. The van der Waals surface area contributed by atoms with E-state index in [-0.39, 0.29) is 16.5 Å². The van der Waals surface area contributed by atoms with Crippen LogP contribution in [0.25, 0.3) is 11.3 Å². The van der Waals surface area contributed by atoms with E-state index in [1.54, 1.807) is 29.7 Å². The number of aryl methyl sites for hydroxylation is 1. The van der Waals surface area contributed by atoms with Crippen molar-refractivity contribution in [3.8, 4) is 17.0 Å². The number of carbonyl (C=O) groups is 1. The molecule has 1 N–H and O–H groups in total. The highest BCUT2D eigenvalue weighted by Gasteiger charge is 2.17. The van der Waals surface area contributed by atoms with Gasteiger partial charge >= 0.3 is 5.97 Å². The van der Waals surface area contributed by atoms with Crippen molar-refractivity contribution < 1.29 is 19.4 Å². The summed E-state index contributed by atoms with van der Waals surface area (Å²) in [6, 6.07) is 18.4. The van der Waals surface area contributed by atoms with Gasteiger partial charge in [-0.15, -0.1) is 0 Å².